The van der Waals surface area contributed by atoms with Crippen LogP contribution in [0.15, 0.2) is 5.38 Å². The minimum Gasteiger partial charge on any atom is -0.382 e. The number of ether oxygens (including phenoxy) is 2. The van der Waals surface area contributed by atoms with Gasteiger partial charge < -0.3 is 9.47 Å². The van der Waals surface area contributed by atoms with Gasteiger partial charge in [0, 0.05) is 19.5 Å². The number of likely N-dealkylation sites (N-methyl/N-ethyl adjacent to an activating group) is 1. The third-order valence-electron chi connectivity index (χ3n) is 1.93. The van der Waals surface area contributed by atoms with E-state index < -0.39 is 0 Å². The van der Waals surface area contributed by atoms with Crippen molar-refractivity contribution in [3.63, 3.8) is 0 Å². The molecule has 0 unspecified atom stereocenters. The highest BCUT2D eigenvalue weighted by molar-refractivity contribution is 7.14. The Kier molecular flexibility index (Phi) is 5.37. The molecule has 6 heteroatoms. The molecule has 0 aliphatic heterocycles. The molecule has 0 saturated carbocycles. The van der Waals surface area contributed by atoms with Crippen LogP contribution in [0.25, 0.3) is 0 Å². The van der Waals surface area contributed by atoms with Crippen LogP contribution in [0.5, 0.6) is 0 Å². The fourth-order valence-electron chi connectivity index (χ4n) is 1.00. The molecular weight excluding hydrogens is 228 g/mol. The van der Waals surface area contributed by atoms with E-state index in [4.69, 9.17) is 9.47 Å². The van der Waals surface area contributed by atoms with Gasteiger partial charge in [-0.15, -0.1) is 11.3 Å². The van der Waals surface area contributed by atoms with E-state index >= 15 is 0 Å². The first-order chi connectivity index (χ1) is 7.65. The predicted octanol–water partition coefficient (Wildman–Crippen LogP) is 1.08. The van der Waals surface area contributed by atoms with Crippen LogP contribution in [0.4, 0.5) is 5.13 Å². The Morgan fingerprint density at radius 2 is 2.31 bits per heavy atom. The van der Waals surface area contributed by atoms with E-state index in [1.807, 2.05) is 12.3 Å². The van der Waals surface area contributed by atoms with Gasteiger partial charge in [-0.2, -0.15) is 0 Å². The molecule has 0 N–H and O–H groups in total. The Morgan fingerprint density at radius 3 is 2.88 bits per heavy atom. The van der Waals surface area contributed by atoms with E-state index in [2.05, 4.69) is 4.98 Å². The van der Waals surface area contributed by atoms with Crippen molar-refractivity contribution < 1.29 is 14.3 Å². The Bertz CT molecular complexity index is 341. The Labute approximate surface area is 99.0 Å². The number of aromatic nitrogens is 1. The van der Waals surface area contributed by atoms with Crippen LogP contribution in [-0.4, -0.2) is 44.9 Å². The van der Waals surface area contributed by atoms with E-state index in [0.29, 0.717) is 18.3 Å². The Morgan fingerprint density at radius 1 is 1.56 bits per heavy atom. The highest BCUT2D eigenvalue weighted by atomic mass is 32.1. The molecular formula is C10H16N2O3S. The first-order valence-electron chi connectivity index (χ1n) is 4.90. The van der Waals surface area contributed by atoms with Gasteiger partial charge in [0.2, 0.25) is 0 Å². The monoisotopic (exact) mass is 244 g/mol. The molecule has 1 rings (SSSR count). The van der Waals surface area contributed by atoms with Crippen LogP contribution < -0.4 is 4.90 Å². The van der Waals surface area contributed by atoms with Gasteiger partial charge in [-0.1, -0.05) is 0 Å². The molecule has 0 radical (unpaired) electrons. The lowest BCUT2D eigenvalue weighted by Gasteiger charge is -2.13. The van der Waals surface area contributed by atoms with Gasteiger partial charge in [0.05, 0.1) is 18.9 Å². The molecule has 5 nitrogen and oxygen atoms in total. The standard InChI is InChI=1S/C10H16N2O3S/c1-8-7-16-10(11-8)12(2)9(13)6-15-5-4-14-3/h7H,4-6H2,1-3H3. The minimum absolute atomic E-state index is 0.0541. The van der Waals surface area contributed by atoms with Gasteiger partial charge in [0.25, 0.3) is 5.91 Å². The topological polar surface area (TPSA) is 51.7 Å². The molecule has 0 atom stereocenters. The smallest absolute Gasteiger partial charge is 0.254 e. The molecule has 16 heavy (non-hydrogen) atoms. The zero-order valence-electron chi connectivity index (χ0n) is 9.73. The van der Waals surface area contributed by atoms with Crippen LogP contribution >= 0.6 is 11.3 Å². The second-order valence-corrected chi connectivity index (χ2v) is 4.11. The van der Waals surface area contributed by atoms with Crippen LogP contribution in [0.3, 0.4) is 0 Å². The van der Waals surface area contributed by atoms with E-state index in [1.54, 1.807) is 14.2 Å². The van der Waals surface area contributed by atoms with Crippen LogP contribution in [0, 0.1) is 6.92 Å². The van der Waals surface area contributed by atoms with Crippen molar-refractivity contribution in [2.24, 2.45) is 0 Å². The fourth-order valence-corrected chi connectivity index (χ4v) is 1.79. The number of carbonyl (C=O) groups excluding carboxylic acids is 1. The van der Waals surface area contributed by atoms with Gasteiger partial charge in [0.15, 0.2) is 5.13 Å². The lowest BCUT2D eigenvalue weighted by Crippen LogP contribution is -2.30. The van der Waals surface area contributed by atoms with Gasteiger partial charge in [-0.05, 0) is 6.92 Å². The van der Waals surface area contributed by atoms with Crippen molar-refractivity contribution in [3.8, 4) is 0 Å². The quantitative estimate of drug-likeness (QED) is 0.703. The van der Waals surface area contributed by atoms with Gasteiger partial charge in [-0.25, -0.2) is 4.98 Å². The van der Waals surface area contributed by atoms with Crippen molar-refractivity contribution in [1.29, 1.82) is 0 Å². The molecule has 0 saturated heterocycles. The molecule has 0 aromatic carbocycles. The van der Waals surface area contributed by atoms with Crippen LogP contribution in [0.1, 0.15) is 5.69 Å². The molecule has 0 aliphatic carbocycles. The van der Waals surface area contributed by atoms with Gasteiger partial charge in [0.1, 0.15) is 6.61 Å². The van der Waals surface area contributed by atoms with Crippen molar-refractivity contribution in [3.05, 3.63) is 11.1 Å². The Balaban J connectivity index is 2.36. The summed E-state index contributed by atoms with van der Waals surface area (Å²) in [5.74, 6) is -0.106. The van der Waals surface area contributed by atoms with E-state index in [0.717, 1.165) is 5.69 Å². The van der Waals surface area contributed by atoms with E-state index in [-0.39, 0.29) is 12.5 Å². The number of hydrogen-bond donors (Lipinski definition) is 0. The average Bonchev–Trinajstić information content (AvgIpc) is 2.70. The summed E-state index contributed by atoms with van der Waals surface area (Å²) in [6.07, 6.45) is 0. The second kappa shape index (κ2) is 6.57. The number of methoxy groups -OCH3 is 1. The summed E-state index contributed by atoms with van der Waals surface area (Å²) >= 11 is 1.44. The molecule has 1 amide bonds. The van der Waals surface area contributed by atoms with Crippen molar-refractivity contribution in [1.82, 2.24) is 4.98 Å². The molecule has 0 aliphatic rings. The number of hydrogen-bond acceptors (Lipinski definition) is 5. The maximum absolute atomic E-state index is 11.6. The van der Waals surface area contributed by atoms with E-state index in [1.165, 1.54) is 16.2 Å². The highest BCUT2D eigenvalue weighted by Gasteiger charge is 2.13. The molecule has 0 bridgehead atoms. The lowest BCUT2D eigenvalue weighted by atomic mass is 10.5. The SMILES string of the molecule is COCCOCC(=O)N(C)c1nc(C)cs1. The second-order valence-electron chi connectivity index (χ2n) is 3.27. The number of thiazole rings is 1. The first-order valence-corrected chi connectivity index (χ1v) is 5.78. The number of carbonyl (C=O) groups is 1. The van der Waals surface area contributed by atoms with Crippen molar-refractivity contribution in [2.75, 3.05) is 38.9 Å². The van der Waals surface area contributed by atoms with Gasteiger partial charge >= 0.3 is 0 Å². The molecule has 1 aromatic rings. The third-order valence-corrected chi connectivity index (χ3v) is 2.96. The maximum Gasteiger partial charge on any atom is 0.254 e. The molecule has 1 aromatic heterocycles. The summed E-state index contributed by atoms with van der Waals surface area (Å²) in [6, 6.07) is 0. The number of rotatable bonds is 6. The number of anilines is 1. The number of nitrogens with zero attached hydrogens (tertiary/aromatic N) is 2. The molecule has 0 spiro atoms. The zero-order valence-corrected chi connectivity index (χ0v) is 10.5. The Hall–Kier alpha value is -0.980. The molecule has 1 heterocycles. The third kappa shape index (κ3) is 3.88. The molecule has 90 valence electrons. The highest BCUT2D eigenvalue weighted by Crippen LogP contribution is 2.18. The average molecular weight is 244 g/mol. The van der Waals surface area contributed by atoms with Crippen LogP contribution in [0.2, 0.25) is 0 Å². The summed E-state index contributed by atoms with van der Waals surface area (Å²) in [4.78, 5) is 17.4. The summed E-state index contributed by atoms with van der Waals surface area (Å²) in [7, 11) is 3.29. The van der Waals surface area contributed by atoms with Crippen LogP contribution in [-0.2, 0) is 14.3 Å². The largest absolute Gasteiger partial charge is 0.382 e. The van der Waals surface area contributed by atoms with E-state index in [9.17, 15) is 4.79 Å². The predicted molar refractivity (Wildman–Crippen MR) is 63.0 cm³/mol. The van der Waals surface area contributed by atoms with Gasteiger partial charge in [-0.3, -0.25) is 9.69 Å². The lowest BCUT2D eigenvalue weighted by molar-refractivity contribution is -0.123. The van der Waals surface area contributed by atoms with Crippen molar-refractivity contribution >= 4 is 22.4 Å². The number of aryl methyl sites for hydroxylation is 1. The number of amides is 1. The normalized spacial score (nSPS) is 10.4. The molecule has 0 fully saturated rings. The summed E-state index contributed by atoms with van der Waals surface area (Å²) < 4.78 is 9.96. The fraction of sp³-hybridized carbons (Fsp3) is 0.600. The summed E-state index contributed by atoms with van der Waals surface area (Å²) in [5, 5.41) is 2.60. The van der Waals surface area contributed by atoms with Crippen molar-refractivity contribution in [2.45, 2.75) is 6.92 Å². The maximum atomic E-state index is 11.6. The summed E-state index contributed by atoms with van der Waals surface area (Å²) in [6.45, 7) is 2.87. The zero-order chi connectivity index (χ0) is 12.0. The minimum atomic E-state index is -0.106. The summed E-state index contributed by atoms with van der Waals surface area (Å²) in [5.41, 5.74) is 0.917. The first kappa shape index (κ1) is 13.1.